The first-order valence-corrected chi connectivity index (χ1v) is 7.94. The van der Waals surface area contributed by atoms with E-state index in [1.807, 2.05) is 12.1 Å². The van der Waals surface area contributed by atoms with Crippen LogP contribution in [0, 0.1) is 5.92 Å². The second-order valence-electron chi connectivity index (χ2n) is 7.22. The molecule has 1 fully saturated rings. The molecule has 3 heteroatoms. The predicted molar refractivity (Wildman–Crippen MR) is 86.5 cm³/mol. The lowest BCUT2D eigenvalue weighted by atomic mass is 9.79. The smallest absolute Gasteiger partial charge is 0.119 e. The normalized spacial score (nSPS) is 24.8. The fourth-order valence-electron chi connectivity index (χ4n) is 3.43. The predicted octanol–water partition coefficient (Wildman–Crippen LogP) is 4.07. The molecule has 3 nitrogen and oxygen atoms in total. The molecule has 0 bridgehead atoms. The van der Waals surface area contributed by atoms with Gasteiger partial charge in [-0.15, -0.1) is 0 Å². The van der Waals surface area contributed by atoms with Gasteiger partial charge in [0.1, 0.15) is 5.75 Å². The second kappa shape index (κ2) is 5.98. The van der Waals surface area contributed by atoms with Gasteiger partial charge in [0.05, 0.1) is 17.8 Å². The molecule has 2 N–H and O–H groups in total. The first kappa shape index (κ1) is 16.3. The third-order valence-corrected chi connectivity index (χ3v) is 4.29. The van der Waals surface area contributed by atoms with Crippen LogP contribution in [0.5, 0.6) is 5.75 Å². The molecular weight excluding hydrogens is 262 g/mol. The number of ether oxygens (including phenoxy) is 2. The Labute approximate surface area is 128 Å². The number of benzene rings is 1. The molecule has 1 aliphatic heterocycles. The highest BCUT2D eigenvalue weighted by Crippen LogP contribution is 2.47. The van der Waals surface area contributed by atoms with Gasteiger partial charge in [0.2, 0.25) is 0 Å². The lowest BCUT2D eigenvalue weighted by Gasteiger charge is -2.31. The Morgan fingerprint density at radius 3 is 2.62 bits per heavy atom. The molecule has 21 heavy (non-hydrogen) atoms. The van der Waals surface area contributed by atoms with Crippen LogP contribution in [0.3, 0.4) is 0 Å². The quantitative estimate of drug-likeness (QED) is 0.889. The average molecular weight is 291 g/mol. The summed E-state index contributed by atoms with van der Waals surface area (Å²) < 4.78 is 11.9. The summed E-state index contributed by atoms with van der Waals surface area (Å²) >= 11 is 0. The number of nitrogens with two attached hydrogens (primary N) is 1. The number of hydrogen-bond donors (Lipinski definition) is 1. The van der Waals surface area contributed by atoms with E-state index in [0.29, 0.717) is 5.92 Å². The minimum atomic E-state index is -0.205. The Morgan fingerprint density at radius 1 is 1.33 bits per heavy atom. The number of hydrogen-bond acceptors (Lipinski definition) is 3. The van der Waals surface area contributed by atoms with Gasteiger partial charge in [0.15, 0.2) is 0 Å². The highest BCUT2D eigenvalue weighted by atomic mass is 16.5. The summed E-state index contributed by atoms with van der Waals surface area (Å²) in [6.07, 6.45) is 1.98. The van der Waals surface area contributed by atoms with Crippen LogP contribution in [0.1, 0.15) is 59.1 Å². The molecule has 1 saturated heterocycles. The van der Waals surface area contributed by atoms with Crippen LogP contribution in [0.4, 0.5) is 0 Å². The minimum absolute atomic E-state index is 0.0352. The van der Waals surface area contributed by atoms with Crippen LogP contribution in [0.2, 0.25) is 0 Å². The van der Waals surface area contributed by atoms with Crippen LogP contribution in [0.15, 0.2) is 24.3 Å². The van der Waals surface area contributed by atoms with Gasteiger partial charge in [-0.2, -0.15) is 0 Å². The fraction of sp³-hybridized carbons (Fsp3) is 0.667. The SMILES string of the molecule is CCCOc1cccc(C(N)C2CC(C)(C)OC2(C)C)c1. The maximum atomic E-state index is 6.56. The van der Waals surface area contributed by atoms with Crippen molar-refractivity contribution >= 4 is 0 Å². The van der Waals surface area contributed by atoms with E-state index in [-0.39, 0.29) is 17.2 Å². The summed E-state index contributed by atoms with van der Waals surface area (Å²) in [5.74, 6) is 1.20. The zero-order valence-electron chi connectivity index (χ0n) is 14.0. The van der Waals surface area contributed by atoms with E-state index in [9.17, 15) is 0 Å². The first-order valence-electron chi connectivity index (χ1n) is 7.94. The fourth-order valence-corrected chi connectivity index (χ4v) is 3.43. The maximum absolute atomic E-state index is 6.56. The molecule has 0 saturated carbocycles. The summed E-state index contributed by atoms with van der Waals surface area (Å²) in [7, 11) is 0. The van der Waals surface area contributed by atoms with Crippen molar-refractivity contribution in [1.29, 1.82) is 0 Å². The molecule has 1 aromatic rings. The maximum Gasteiger partial charge on any atom is 0.119 e. The van der Waals surface area contributed by atoms with E-state index in [0.717, 1.165) is 30.8 Å². The lowest BCUT2D eigenvalue weighted by Crippen LogP contribution is -2.35. The van der Waals surface area contributed by atoms with Crippen LogP contribution in [-0.2, 0) is 4.74 Å². The molecule has 0 radical (unpaired) electrons. The standard InChI is InChI=1S/C18H29NO2/c1-6-10-20-14-9-7-8-13(11-14)16(19)15-12-17(2,3)21-18(15,4)5/h7-9,11,15-16H,6,10,12,19H2,1-5H3. The zero-order valence-corrected chi connectivity index (χ0v) is 14.0. The van der Waals surface area contributed by atoms with Crippen molar-refractivity contribution in [3.63, 3.8) is 0 Å². The summed E-state index contributed by atoms with van der Waals surface area (Å²) in [6.45, 7) is 11.4. The first-order chi connectivity index (χ1) is 9.75. The van der Waals surface area contributed by atoms with Gasteiger partial charge in [-0.05, 0) is 58.2 Å². The summed E-state index contributed by atoms with van der Waals surface area (Å²) in [6, 6.07) is 8.14. The van der Waals surface area contributed by atoms with E-state index in [1.54, 1.807) is 0 Å². The van der Waals surface area contributed by atoms with E-state index in [1.165, 1.54) is 0 Å². The monoisotopic (exact) mass is 291 g/mol. The molecule has 0 aliphatic carbocycles. The van der Waals surface area contributed by atoms with E-state index >= 15 is 0 Å². The molecule has 2 atom stereocenters. The molecule has 0 spiro atoms. The Morgan fingerprint density at radius 2 is 2.05 bits per heavy atom. The van der Waals surface area contributed by atoms with Crippen molar-refractivity contribution in [2.45, 2.75) is 64.7 Å². The minimum Gasteiger partial charge on any atom is -0.494 e. The average Bonchev–Trinajstić information content (AvgIpc) is 2.63. The van der Waals surface area contributed by atoms with Gasteiger partial charge in [-0.25, -0.2) is 0 Å². The van der Waals surface area contributed by atoms with E-state index in [2.05, 4.69) is 46.8 Å². The molecule has 2 unspecified atom stereocenters. The van der Waals surface area contributed by atoms with Crippen molar-refractivity contribution < 1.29 is 9.47 Å². The van der Waals surface area contributed by atoms with Gasteiger partial charge in [0, 0.05) is 12.0 Å². The van der Waals surface area contributed by atoms with Crippen molar-refractivity contribution in [2.75, 3.05) is 6.61 Å². The Hall–Kier alpha value is -1.06. The highest BCUT2D eigenvalue weighted by molar-refractivity contribution is 5.31. The van der Waals surface area contributed by atoms with Crippen molar-refractivity contribution in [3.05, 3.63) is 29.8 Å². The summed E-state index contributed by atoms with van der Waals surface area (Å²) in [5.41, 5.74) is 7.37. The molecule has 1 aromatic carbocycles. The molecule has 1 aliphatic rings. The molecule has 0 amide bonds. The van der Waals surface area contributed by atoms with Crippen LogP contribution in [0.25, 0.3) is 0 Å². The van der Waals surface area contributed by atoms with Gasteiger partial charge in [-0.3, -0.25) is 0 Å². The largest absolute Gasteiger partial charge is 0.494 e. The molecule has 2 rings (SSSR count). The Kier molecular flexibility index (Phi) is 4.64. The third-order valence-electron chi connectivity index (χ3n) is 4.29. The van der Waals surface area contributed by atoms with Crippen LogP contribution < -0.4 is 10.5 Å². The van der Waals surface area contributed by atoms with E-state index in [4.69, 9.17) is 15.2 Å². The van der Waals surface area contributed by atoms with Gasteiger partial charge >= 0.3 is 0 Å². The van der Waals surface area contributed by atoms with Gasteiger partial charge in [-0.1, -0.05) is 19.1 Å². The summed E-state index contributed by atoms with van der Waals surface area (Å²) in [5, 5.41) is 0. The van der Waals surface area contributed by atoms with Gasteiger partial charge in [0.25, 0.3) is 0 Å². The van der Waals surface area contributed by atoms with Crippen LogP contribution in [-0.4, -0.2) is 17.8 Å². The Balaban J connectivity index is 2.18. The van der Waals surface area contributed by atoms with Gasteiger partial charge < -0.3 is 15.2 Å². The zero-order chi connectivity index (χ0) is 15.7. The molecule has 1 heterocycles. The van der Waals surface area contributed by atoms with Crippen LogP contribution >= 0.6 is 0 Å². The highest BCUT2D eigenvalue weighted by Gasteiger charge is 2.48. The summed E-state index contributed by atoms with van der Waals surface area (Å²) in [4.78, 5) is 0. The molecule has 118 valence electrons. The van der Waals surface area contributed by atoms with E-state index < -0.39 is 0 Å². The lowest BCUT2D eigenvalue weighted by molar-refractivity contribution is -0.0767. The molecular formula is C18H29NO2. The number of rotatable bonds is 5. The third kappa shape index (κ3) is 3.78. The molecule has 0 aromatic heterocycles. The van der Waals surface area contributed by atoms with Crippen molar-refractivity contribution in [1.82, 2.24) is 0 Å². The Bertz CT molecular complexity index is 482. The van der Waals surface area contributed by atoms with Crippen molar-refractivity contribution in [3.8, 4) is 5.75 Å². The van der Waals surface area contributed by atoms with Crippen molar-refractivity contribution in [2.24, 2.45) is 11.7 Å². The second-order valence-corrected chi connectivity index (χ2v) is 7.22. The topological polar surface area (TPSA) is 44.5 Å².